The molecule has 0 atom stereocenters. The second kappa shape index (κ2) is 5.55. The third-order valence-corrected chi connectivity index (χ3v) is 2.29. The largest absolute Gasteiger partial charge is 0.354 e. The van der Waals surface area contributed by atoms with E-state index in [1.54, 1.807) is 0 Å². The Kier molecular flexibility index (Phi) is 3.84. The van der Waals surface area contributed by atoms with Crippen molar-refractivity contribution in [1.29, 1.82) is 0 Å². The highest BCUT2D eigenvalue weighted by molar-refractivity contribution is 5.58. The zero-order chi connectivity index (χ0) is 13.8. The van der Waals surface area contributed by atoms with Crippen molar-refractivity contribution in [2.75, 3.05) is 17.2 Å². The van der Waals surface area contributed by atoms with Crippen LogP contribution in [0.5, 0.6) is 0 Å². The minimum Gasteiger partial charge on any atom is -0.354 e. The molecule has 0 spiro atoms. The third kappa shape index (κ3) is 2.93. The molecule has 0 radical (unpaired) electrons. The second-order valence-electron chi connectivity index (χ2n) is 3.64. The average Bonchev–Trinajstić information content (AvgIpc) is 2.38. The smallest absolute Gasteiger partial charge is 0.224 e. The number of aromatic nitrogens is 2. The molecule has 0 amide bonds. The Morgan fingerprint density at radius 2 is 1.79 bits per heavy atom. The molecule has 2 rings (SSSR count). The van der Waals surface area contributed by atoms with Crippen LogP contribution in [0, 0.1) is 17.5 Å². The summed E-state index contributed by atoms with van der Waals surface area (Å²) in [6, 6.07) is 3.35. The normalized spacial score (nSPS) is 10.3. The maximum Gasteiger partial charge on any atom is 0.224 e. The van der Waals surface area contributed by atoms with Crippen LogP contribution in [0.25, 0.3) is 0 Å². The standard InChI is InChI=1S/C12H11F3N4/c1-2-16-12-17-6-9(15)11(19-12)18-10-7(13)4-3-5-8(10)14/h3-6H,2H2,1H3,(H2,16,17,18,19). The maximum atomic E-state index is 13.5. The summed E-state index contributed by atoms with van der Waals surface area (Å²) in [6.45, 7) is 2.36. The van der Waals surface area contributed by atoms with Crippen molar-refractivity contribution in [1.82, 2.24) is 9.97 Å². The van der Waals surface area contributed by atoms with Crippen LogP contribution < -0.4 is 10.6 Å². The van der Waals surface area contributed by atoms with Crippen molar-refractivity contribution >= 4 is 17.5 Å². The van der Waals surface area contributed by atoms with E-state index < -0.39 is 23.1 Å². The molecule has 0 fully saturated rings. The summed E-state index contributed by atoms with van der Waals surface area (Å²) in [5, 5.41) is 5.07. The van der Waals surface area contributed by atoms with E-state index >= 15 is 0 Å². The van der Waals surface area contributed by atoms with Gasteiger partial charge in [0.25, 0.3) is 0 Å². The fourth-order valence-corrected chi connectivity index (χ4v) is 1.43. The molecule has 100 valence electrons. The van der Waals surface area contributed by atoms with E-state index in [1.807, 2.05) is 6.92 Å². The number of nitrogens with zero attached hydrogens (tertiary/aromatic N) is 2. The number of nitrogens with one attached hydrogen (secondary N) is 2. The van der Waals surface area contributed by atoms with E-state index in [2.05, 4.69) is 20.6 Å². The molecule has 0 aliphatic rings. The first kappa shape index (κ1) is 13.1. The highest BCUT2D eigenvalue weighted by atomic mass is 19.1. The predicted octanol–water partition coefficient (Wildman–Crippen LogP) is 3.07. The average molecular weight is 268 g/mol. The first-order valence-electron chi connectivity index (χ1n) is 5.59. The minimum absolute atomic E-state index is 0.170. The predicted molar refractivity (Wildman–Crippen MR) is 65.8 cm³/mol. The van der Waals surface area contributed by atoms with Crippen molar-refractivity contribution in [2.24, 2.45) is 0 Å². The van der Waals surface area contributed by atoms with Crippen molar-refractivity contribution in [3.8, 4) is 0 Å². The number of hydrogen-bond donors (Lipinski definition) is 2. The van der Waals surface area contributed by atoms with Crippen LogP contribution in [0.4, 0.5) is 30.6 Å². The fourth-order valence-electron chi connectivity index (χ4n) is 1.43. The van der Waals surface area contributed by atoms with Crippen molar-refractivity contribution in [3.63, 3.8) is 0 Å². The van der Waals surface area contributed by atoms with Gasteiger partial charge < -0.3 is 10.6 Å². The van der Waals surface area contributed by atoms with E-state index in [0.717, 1.165) is 18.3 Å². The van der Waals surface area contributed by atoms with E-state index in [-0.39, 0.29) is 11.8 Å². The van der Waals surface area contributed by atoms with Gasteiger partial charge >= 0.3 is 0 Å². The first-order chi connectivity index (χ1) is 9.11. The van der Waals surface area contributed by atoms with Gasteiger partial charge in [-0.15, -0.1) is 0 Å². The summed E-state index contributed by atoms with van der Waals surface area (Å²) in [5.74, 6) is -2.59. The highest BCUT2D eigenvalue weighted by Gasteiger charge is 2.13. The molecule has 7 heteroatoms. The van der Waals surface area contributed by atoms with Gasteiger partial charge in [0.15, 0.2) is 11.6 Å². The lowest BCUT2D eigenvalue weighted by Crippen LogP contribution is -2.07. The Hall–Kier alpha value is -2.31. The van der Waals surface area contributed by atoms with Gasteiger partial charge in [-0.1, -0.05) is 6.07 Å². The summed E-state index contributed by atoms with van der Waals surface area (Å²) < 4.78 is 40.4. The molecule has 0 saturated carbocycles. The topological polar surface area (TPSA) is 49.8 Å². The van der Waals surface area contributed by atoms with Crippen molar-refractivity contribution in [2.45, 2.75) is 6.92 Å². The second-order valence-corrected chi connectivity index (χ2v) is 3.64. The Labute approximate surface area is 107 Å². The van der Waals surface area contributed by atoms with Crippen molar-refractivity contribution in [3.05, 3.63) is 41.8 Å². The van der Waals surface area contributed by atoms with Gasteiger partial charge in [-0.05, 0) is 19.1 Å². The van der Waals surface area contributed by atoms with Crippen LogP contribution in [-0.2, 0) is 0 Å². The zero-order valence-electron chi connectivity index (χ0n) is 10.0. The van der Waals surface area contributed by atoms with Crippen LogP contribution in [0.2, 0.25) is 0 Å². The highest BCUT2D eigenvalue weighted by Crippen LogP contribution is 2.23. The number of anilines is 3. The van der Waals surface area contributed by atoms with Crippen LogP contribution in [0.15, 0.2) is 24.4 Å². The zero-order valence-corrected chi connectivity index (χ0v) is 10.0. The van der Waals surface area contributed by atoms with E-state index in [0.29, 0.717) is 6.54 Å². The van der Waals surface area contributed by atoms with Crippen molar-refractivity contribution < 1.29 is 13.2 Å². The van der Waals surface area contributed by atoms with Crippen LogP contribution in [0.1, 0.15) is 6.92 Å². The lowest BCUT2D eigenvalue weighted by Gasteiger charge is -2.10. The van der Waals surface area contributed by atoms with Gasteiger partial charge in [0, 0.05) is 6.54 Å². The molecule has 0 bridgehead atoms. The van der Waals surface area contributed by atoms with Gasteiger partial charge in [0.1, 0.15) is 17.3 Å². The Bertz CT molecular complexity index is 569. The van der Waals surface area contributed by atoms with Gasteiger partial charge in [0.2, 0.25) is 5.95 Å². The summed E-state index contributed by atoms with van der Waals surface area (Å²) in [6.07, 6.45) is 0.923. The molecule has 0 saturated heterocycles. The minimum atomic E-state index is -0.831. The van der Waals surface area contributed by atoms with Gasteiger partial charge in [-0.25, -0.2) is 18.2 Å². The van der Waals surface area contributed by atoms with Gasteiger partial charge in [-0.3, -0.25) is 0 Å². The molecule has 1 heterocycles. The Morgan fingerprint density at radius 3 is 2.42 bits per heavy atom. The summed E-state index contributed by atoms with van der Waals surface area (Å²) in [7, 11) is 0. The molecular weight excluding hydrogens is 257 g/mol. The first-order valence-corrected chi connectivity index (χ1v) is 5.59. The number of benzene rings is 1. The Balaban J connectivity index is 2.35. The molecule has 2 N–H and O–H groups in total. The summed E-state index contributed by atoms with van der Waals surface area (Å²) in [4.78, 5) is 7.49. The van der Waals surface area contributed by atoms with Gasteiger partial charge in [0.05, 0.1) is 6.20 Å². The quantitative estimate of drug-likeness (QED) is 0.894. The van der Waals surface area contributed by atoms with Crippen LogP contribution >= 0.6 is 0 Å². The fraction of sp³-hybridized carbons (Fsp3) is 0.167. The maximum absolute atomic E-state index is 13.5. The molecule has 1 aromatic heterocycles. The van der Waals surface area contributed by atoms with Gasteiger partial charge in [-0.2, -0.15) is 4.98 Å². The SMILES string of the molecule is CCNc1ncc(F)c(Nc2c(F)cccc2F)n1. The summed E-state index contributed by atoms with van der Waals surface area (Å²) in [5.41, 5.74) is -0.456. The number of halogens is 3. The molecule has 0 aliphatic carbocycles. The van der Waals surface area contributed by atoms with Crippen LogP contribution in [-0.4, -0.2) is 16.5 Å². The molecule has 2 aromatic rings. The van der Waals surface area contributed by atoms with Crippen LogP contribution in [0.3, 0.4) is 0 Å². The monoisotopic (exact) mass is 268 g/mol. The third-order valence-electron chi connectivity index (χ3n) is 2.29. The number of hydrogen-bond acceptors (Lipinski definition) is 4. The van der Waals surface area contributed by atoms with E-state index in [1.165, 1.54) is 6.07 Å². The Morgan fingerprint density at radius 1 is 1.11 bits per heavy atom. The molecule has 0 aliphatic heterocycles. The summed E-state index contributed by atoms with van der Waals surface area (Å²) >= 11 is 0. The number of para-hydroxylation sites is 1. The lowest BCUT2D eigenvalue weighted by atomic mass is 10.3. The number of rotatable bonds is 4. The molecule has 0 unspecified atom stereocenters. The lowest BCUT2D eigenvalue weighted by molar-refractivity contribution is 0.588. The molecular formula is C12H11F3N4. The molecule has 4 nitrogen and oxygen atoms in total. The van der Waals surface area contributed by atoms with E-state index in [9.17, 15) is 13.2 Å². The molecule has 1 aromatic carbocycles. The van der Waals surface area contributed by atoms with E-state index in [4.69, 9.17) is 0 Å². The molecule has 19 heavy (non-hydrogen) atoms.